The van der Waals surface area contributed by atoms with E-state index in [9.17, 15) is 43.5 Å². The van der Waals surface area contributed by atoms with Crippen LogP contribution in [-0.4, -0.2) is 95.9 Å². The second-order valence-corrected chi connectivity index (χ2v) is 28.3. The average molecular weight is 1450 g/mol. The van der Waals surface area contributed by atoms with Crippen molar-refractivity contribution in [2.75, 3.05) is 39.6 Å². The van der Waals surface area contributed by atoms with E-state index in [4.69, 9.17) is 32.3 Å². The Kier molecular flexibility index (Phi) is 71.3. The molecule has 0 amide bonds. The number of allylic oxidation sites excluding steroid dienone is 26. The van der Waals surface area contributed by atoms with Gasteiger partial charge in [0.15, 0.2) is 6.10 Å². The Hall–Kier alpha value is -4.83. The van der Waals surface area contributed by atoms with E-state index in [2.05, 4.69) is 179 Å². The predicted octanol–water partition coefficient (Wildman–Crippen LogP) is 22.6. The van der Waals surface area contributed by atoms with Crippen molar-refractivity contribution in [1.29, 1.82) is 0 Å². The van der Waals surface area contributed by atoms with Crippen LogP contribution in [0.15, 0.2) is 158 Å². The van der Waals surface area contributed by atoms with Crippen LogP contribution < -0.4 is 0 Å². The lowest BCUT2D eigenvalue weighted by molar-refractivity contribution is -0.161. The number of ether oxygens (including phenoxy) is 3. The van der Waals surface area contributed by atoms with Crippen molar-refractivity contribution >= 4 is 33.6 Å². The van der Waals surface area contributed by atoms with Gasteiger partial charge in [-0.25, -0.2) is 9.13 Å². The molecule has 0 rings (SSSR count). The van der Waals surface area contributed by atoms with Crippen LogP contribution in [0.4, 0.5) is 0 Å². The average Bonchev–Trinajstić information content (AvgIpc) is 0.951. The molecule has 0 radical (unpaired) electrons. The molecule has 0 spiro atoms. The van der Waals surface area contributed by atoms with E-state index < -0.39 is 91.5 Å². The fourth-order valence-corrected chi connectivity index (χ4v) is 11.4. The molecule has 18 heteroatoms. The van der Waals surface area contributed by atoms with Crippen molar-refractivity contribution in [2.24, 2.45) is 0 Å². The van der Waals surface area contributed by atoms with E-state index in [-0.39, 0.29) is 19.3 Å². The number of aliphatic hydroxyl groups is 2. The molecule has 0 aromatic rings. The molecule has 5 unspecified atom stereocenters. The predicted molar refractivity (Wildman–Crippen MR) is 417 cm³/mol. The van der Waals surface area contributed by atoms with E-state index in [0.29, 0.717) is 19.3 Å². The number of esters is 3. The summed E-state index contributed by atoms with van der Waals surface area (Å²) in [7, 11) is -9.82. The molecular formula is C83H138O16P2. The number of carbonyl (C=O) groups is 3. The molecule has 0 aliphatic carbocycles. The molecule has 0 heterocycles. The first-order valence-electron chi connectivity index (χ1n) is 38.8. The molecule has 0 aromatic carbocycles. The number of aliphatic hydroxyl groups excluding tert-OH is 2. The summed E-state index contributed by atoms with van der Waals surface area (Å²) in [6, 6.07) is 0. The third-order valence-corrected chi connectivity index (χ3v) is 17.6. The van der Waals surface area contributed by atoms with Crippen LogP contribution in [0.3, 0.4) is 0 Å². The summed E-state index contributed by atoms with van der Waals surface area (Å²) < 4.78 is 61.1. The standard InChI is InChI=1S/C83H138O16P2/c1-4-7-10-13-16-19-22-25-28-31-34-37-38-41-43-45-48-51-54-57-60-63-66-69-81(86)93-72-78(84)73-95-100(89,90)96-74-79(85)75-97-101(91,92)98-77-80(99-83(88)71-68-65-62-59-56-53-50-47-44-40-36-33-30-27-24-21-18-15-12-9-6-3)76-94-82(87)70-67-64-61-58-55-52-49-46-42-39-35-32-29-26-23-20-17-14-11-8-5-2/h7,10,16-21,25-30,34-37,39-41,43,46-47,49-50,78-80,84-85H,4-6,8-9,11-15,22-24,31-33,38,42,44-45,48,51-77H2,1-3H3,(H,89,90)(H,91,92)/b10-7-,19-16-,20-17-,21-18-,28-25-,29-26-,30-27-,37-34-,39-35-,40-36-,43-41-,49-46-,50-47-. The Morgan fingerprint density at radius 3 is 0.832 bits per heavy atom. The first-order chi connectivity index (χ1) is 49.2. The summed E-state index contributed by atoms with van der Waals surface area (Å²) in [6.07, 6.45) is 92.7. The zero-order valence-corrected chi connectivity index (χ0v) is 64.6. The summed E-state index contributed by atoms with van der Waals surface area (Å²) in [5.41, 5.74) is 0. The Bertz CT molecular complexity index is 2470. The summed E-state index contributed by atoms with van der Waals surface area (Å²) in [5.74, 6) is -1.63. The largest absolute Gasteiger partial charge is 0.472 e. The molecule has 4 N–H and O–H groups in total. The summed E-state index contributed by atoms with van der Waals surface area (Å²) in [4.78, 5) is 58.7. The number of hydrogen-bond acceptors (Lipinski definition) is 14. The van der Waals surface area contributed by atoms with Crippen molar-refractivity contribution in [2.45, 2.75) is 309 Å². The monoisotopic (exact) mass is 1450 g/mol. The highest BCUT2D eigenvalue weighted by molar-refractivity contribution is 7.47. The van der Waals surface area contributed by atoms with Crippen molar-refractivity contribution in [3.63, 3.8) is 0 Å². The van der Waals surface area contributed by atoms with E-state index in [0.717, 1.165) is 186 Å². The zero-order valence-electron chi connectivity index (χ0n) is 62.8. The minimum absolute atomic E-state index is 0.0733. The molecule has 0 saturated carbocycles. The smallest absolute Gasteiger partial charge is 0.463 e. The SMILES string of the molecule is CC/C=C\C/C=C\C/C=C\C/C=C\C/C=C\CCCCCCCCCC(=O)OCC(O)COP(=O)(O)OCC(O)COP(=O)(O)OCC(COC(=O)CCCCCCC/C=C\C/C=C\C/C=C\C/C=C\CCCCC)OC(=O)CCCCCCC/C=C\C/C=C\C/C=C\C/C=C\CCCCC. The number of hydrogen-bond donors (Lipinski definition) is 4. The molecule has 0 saturated heterocycles. The summed E-state index contributed by atoms with van der Waals surface area (Å²) in [5, 5.41) is 20.6. The Balaban J connectivity index is 4.76. The molecule has 0 aliphatic heterocycles. The van der Waals surface area contributed by atoms with Crippen LogP contribution in [0.1, 0.15) is 290 Å². The molecule has 0 aromatic heterocycles. The number of phosphoric ester groups is 2. The van der Waals surface area contributed by atoms with E-state index in [1.54, 1.807) is 0 Å². The van der Waals surface area contributed by atoms with Gasteiger partial charge in [-0.2, -0.15) is 0 Å². The Labute approximate surface area is 612 Å². The second-order valence-electron chi connectivity index (χ2n) is 25.4. The highest BCUT2D eigenvalue weighted by Gasteiger charge is 2.29. The fraction of sp³-hybridized carbons (Fsp3) is 0.651. The van der Waals surface area contributed by atoms with Gasteiger partial charge in [-0.15, -0.1) is 0 Å². The summed E-state index contributed by atoms with van der Waals surface area (Å²) >= 11 is 0. The lowest BCUT2D eigenvalue weighted by atomic mass is 10.1. The van der Waals surface area contributed by atoms with Gasteiger partial charge in [0.1, 0.15) is 25.4 Å². The lowest BCUT2D eigenvalue weighted by Crippen LogP contribution is -2.30. The van der Waals surface area contributed by atoms with Crippen molar-refractivity contribution in [3.8, 4) is 0 Å². The van der Waals surface area contributed by atoms with Gasteiger partial charge in [-0.3, -0.25) is 32.5 Å². The highest BCUT2D eigenvalue weighted by atomic mass is 31.2. The number of phosphoric acid groups is 2. The molecule has 16 nitrogen and oxygen atoms in total. The van der Waals surface area contributed by atoms with Crippen LogP contribution in [0, 0.1) is 0 Å². The number of rotatable bonds is 72. The molecule has 0 fully saturated rings. The van der Waals surface area contributed by atoms with Gasteiger partial charge in [0.2, 0.25) is 0 Å². The molecule has 101 heavy (non-hydrogen) atoms. The van der Waals surface area contributed by atoms with Crippen LogP contribution >= 0.6 is 15.6 Å². The lowest BCUT2D eigenvalue weighted by Gasteiger charge is -2.21. The minimum Gasteiger partial charge on any atom is -0.463 e. The van der Waals surface area contributed by atoms with Gasteiger partial charge < -0.3 is 34.2 Å². The third-order valence-electron chi connectivity index (χ3n) is 15.7. The molecule has 0 aliphatic rings. The van der Waals surface area contributed by atoms with Gasteiger partial charge in [0.25, 0.3) is 0 Å². The Morgan fingerprint density at radius 1 is 0.287 bits per heavy atom. The highest BCUT2D eigenvalue weighted by Crippen LogP contribution is 2.45. The van der Waals surface area contributed by atoms with Gasteiger partial charge >= 0.3 is 33.6 Å². The molecule has 576 valence electrons. The third kappa shape index (κ3) is 76.1. The quantitative estimate of drug-likeness (QED) is 0.0146. The van der Waals surface area contributed by atoms with Gasteiger partial charge in [0, 0.05) is 19.3 Å². The maximum Gasteiger partial charge on any atom is 0.472 e. The van der Waals surface area contributed by atoms with Crippen LogP contribution in [0.5, 0.6) is 0 Å². The second kappa shape index (κ2) is 74.9. The first kappa shape index (κ1) is 96.2. The van der Waals surface area contributed by atoms with Gasteiger partial charge in [0.05, 0.1) is 26.4 Å². The first-order valence-corrected chi connectivity index (χ1v) is 41.8. The summed E-state index contributed by atoms with van der Waals surface area (Å²) in [6.45, 7) is 2.44. The maximum atomic E-state index is 13.0. The zero-order chi connectivity index (χ0) is 73.7. The number of carbonyl (C=O) groups excluding carboxylic acids is 3. The van der Waals surface area contributed by atoms with E-state index >= 15 is 0 Å². The van der Waals surface area contributed by atoms with Crippen molar-refractivity contribution < 1.29 is 75.8 Å². The van der Waals surface area contributed by atoms with Crippen LogP contribution in [0.2, 0.25) is 0 Å². The van der Waals surface area contributed by atoms with Gasteiger partial charge in [-0.05, 0) is 154 Å². The van der Waals surface area contributed by atoms with Crippen molar-refractivity contribution in [1.82, 2.24) is 0 Å². The Morgan fingerprint density at radius 2 is 0.525 bits per heavy atom. The molecular weight excluding hydrogens is 1310 g/mol. The van der Waals surface area contributed by atoms with Crippen LogP contribution in [-0.2, 0) is 55.8 Å². The van der Waals surface area contributed by atoms with Crippen LogP contribution in [0.25, 0.3) is 0 Å². The van der Waals surface area contributed by atoms with E-state index in [1.807, 2.05) is 0 Å². The van der Waals surface area contributed by atoms with Gasteiger partial charge in [-0.1, -0.05) is 275 Å². The normalized spacial score (nSPS) is 14.9. The molecule has 0 bridgehead atoms. The maximum absolute atomic E-state index is 13.0. The topological polar surface area (TPSA) is 231 Å². The molecule has 5 atom stereocenters. The minimum atomic E-state index is -4.95. The van der Waals surface area contributed by atoms with Crippen molar-refractivity contribution in [3.05, 3.63) is 158 Å². The number of unbranched alkanes of at least 4 members (excludes halogenated alkanes) is 23. The fourth-order valence-electron chi connectivity index (χ4n) is 9.80. The van der Waals surface area contributed by atoms with E-state index in [1.165, 1.54) is 44.9 Å².